The molecule has 0 aliphatic rings. The normalized spacial score (nSPS) is 11.3. The number of amidine groups is 1. The van der Waals surface area contributed by atoms with E-state index in [1.807, 2.05) is 6.92 Å². The van der Waals surface area contributed by atoms with Crippen LogP contribution in [0, 0.1) is 10.1 Å². The molecule has 0 fully saturated rings. The molecule has 0 bridgehead atoms. The molecule has 0 radical (unpaired) electrons. The Morgan fingerprint density at radius 1 is 1.76 bits per heavy atom. The van der Waals surface area contributed by atoms with E-state index in [-0.39, 0.29) is 17.1 Å². The number of nitrogens with two attached hydrogens (primary N) is 1. The number of nitrogens with zero attached hydrogens (tertiary/aromatic N) is 4. The largest absolute Gasteiger partial charge is 0.409 e. The predicted octanol–water partition coefficient (Wildman–Crippen LogP) is 0.540. The predicted molar refractivity (Wildman–Crippen MR) is 62.3 cm³/mol. The van der Waals surface area contributed by atoms with E-state index in [1.54, 1.807) is 11.9 Å². The van der Waals surface area contributed by atoms with E-state index in [2.05, 4.69) is 10.1 Å². The lowest BCUT2D eigenvalue weighted by Crippen LogP contribution is -2.24. The summed E-state index contributed by atoms with van der Waals surface area (Å²) in [5, 5.41) is 22.1. The quantitative estimate of drug-likeness (QED) is 0.260. The molecule has 1 aromatic rings. The van der Waals surface area contributed by atoms with Crippen LogP contribution in [-0.4, -0.2) is 34.5 Å². The molecule has 1 rings (SSSR count). The fraction of sp³-hybridized carbons (Fsp3) is 0.333. The number of oxime groups is 1. The van der Waals surface area contributed by atoms with Gasteiger partial charge in [0.2, 0.25) is 0 Å². The maximum atomic E-state index is 10.6. The van der Waals surface area contributed by atoms with Crippen molar-refractivity contribution >= 4 is 17.3 Å². The number of pyridine rings is 1. The Hall–Kier alpha value is -2.38. The Kier molecular flexibility index (Phi) is 3.81. The fourth-order valence-corrected chi connectivity index (χ4v) is 1.24. The summed E-state index contributed by atoms with van der Waals surface area (Å²) in [5.41, 5.74) is 5.49. The molecular formula is C9H13N5O3. The van der Waals surface area contributed by atoms with Crippen molar-refractivity contribution in [3.8, 4) is 0 Å². The van der Waals surface area contributed by atoms with Crippen molar-refractivity contribution in [1.82, 2.24) is 4.98 Å². The van der Waals surface area contributed by atoms with Gasteiger partial charge in [-0.1, -0.05) is 5.16 Å². The number of nitro groups is 1. The van der Waals surface area contributed by atoms with Crippen LogP contribution in [0.1, 0.15) is 12.5 Å². The average molecular weight is 239 g/mol. The van der Waals surface area contributed by atoms with Crippen molar-refractivity contribution < 1.29 is 10.1 Å². The Bertz CT molecular complexity index is 460. The average Bonchev–Trinajstić information content (AvgIpc) is 2.35. The van der Waals surface area contributed by atoms with Crippen LogP contribution >= 0.6 is 0 Å². The Morgan fingerprint density at radius 3 is 2.88 bits per heavy atom. The van der Waals surface area contributed by atoms with Gasteiger partial charge < -0.3 is 15.8 Å². The molecule has 92 valence electrons. The van der Waals surface area contributed by atoms with E-state index in [9.17, 15) is 10.1 Å². The van der Waals surface area contributed by atoms with Crippen LogP contribution in [0.5, 0.6) is 0 Å². The molecule has 3 N–H and O–H groups in total. The van der Waals surface area contributed by atoms with Gasteiger partial charge in [-0.3, -0.25) is 10.1 Å². The third-order valence-electron chi connectivity index (χ3n) is 2.28. The molecule has 1 heterocycles. The number of hydrogen-bond donors (Lipinski definition) is 2. The molecule has 0 aliphatic heterocycles. The Morgan fingerprint density at radius 2 is 2.41 bits per heavy atom. The number of anilines is 1. The van der Waals surface area contributed by atoms with E-state index in [4.69, 9.17) is 10.9 Å². The van der Waals surface area contributed by atoms with Gasteiger partial charge in [-0.25, -0.2) is 4.98 Å². The van der Waals surface area contributed by atoms with Crippen LogP contribution in [0.2, 0.25) is 0 Å². The number of hydrogen-bond acceptors (Lipinski definition) is 6. The second kappa shape index (κ2) is 5.10. The van der Waals surface area contributed by atoms with Crippen LogP contribution < -0.4 is 10.6 Å². The van der Waals surface area contributed by atoms with Crippen LogP contribution in [0.4, 0.5) is 11.5 Å². The molecule has 17 heavy (non-hydrogen) atoms. The molecule has 0 saturated heterocycles. The monoisotopic (exact) mass is 239 g/mol. The topological polar surface area (TPSA) is 118 Å². The summed E-state index contributed by atoms with van der Waals surface area (Å²) in [7, 11) is 1.75. The standard InChI is InChI=1S/C9H13N5O3/c1-3-13(2)9-7(8(10)12-15)4-6(5-11-9)14(16)17/h4-5,15H,3H2,1-2H3,(H2,10,12). The minimum atomic E-state index is -0.586. The molecule has 0 saturated carbocycles. The van der Waals surface area contributed by atoms with Crippen molar-refractivity contribution in [2.45, 2.75) is 6.92 Å². The van der Waals surface area contributed by atoms with Crippen LogP contribution in [0.25, 0.3) is 0 Å². The van der Waals surface area contributed by atoms with Gasteiger partial charge in [-0.2, -0.15) is 0 Å². The molecule has 0 amide bonds. The number of rotatable bonds is 4. The Balaban J connectivity index is 3.36. The summed E-state index contributed by atoms with van der Waals surface area (Å²) in [4.78, 5) is 15.7. The zero-order valence-electron chi connectivity index (χ0n) is 9.49. The first kappa shape index (κ1) is 12.7. The SMILES string of the molecule is CCN(C)c1ncc([N+](=O)[O-])cc1C(N)=NO. The van der Waals surface area contributed by atoms with E-state index < -0.39 is 4.92 Å². The maximum absolute atomic E-state index is 10.6. The third kappa shape index (κ3) is 2.60. The first-order valence-corrected chi connectivity index (χ1v) is 4.84. The maximum Gasteiger partial charge on any atom is 0.288 e. The highest BCUT2D eigenvalue weighted by molar-refractivity contribution is 6.01. The zero-order chi connectivity index (χ0) is 13.0. The van der Waals surface area contributed by atoms with E-state index in [1.165, 1.54) is 6.07 Å². The lowest BCUT2D eigenvalue weighted by atomic mass is 10.2. The summed E-state index contributed by atoms with van der Waals surface area (Å²) in [6.07, 6.45) is 1.13. The summed E-state index contributed by atoms with van der Waals surface area (Å²) in [6.45, 7) is 2.52. The van der Waals surface area contributed by atoms with Gasteiger partial charge in [0.25, 0.3) is 5.69 Å². The first-order chi connectivity index (χ1) is 8.01. The van der Waals surface area contributed by atoms with E-state index in [0.717, 1.165) is 6.20 Å². The second-order valence-electron chi connectivity index (χ2n) is 3.32. The van der Waals surface area contributed by atoms with E-state index in [0.29, 0.717) is 12.4 Å². The van der Waals surface area contributed by atoms with Crippen molar-refractivity contribution in [3.05, 3.63) is 27.9 Å². The third-order valence-corrected chi connectivity index (χ3v) is 2.28. The van der Waals surface area contributed by atoms with Gasteiger partial charge in [-0.15, -0.1) is 0 Å². The summed E-state index contributed by atoms with van der Waals surface area (Å²) in [6, 6.07) is 1.23. The van der Waals surface area contributed by atoms with Crippen LogP contribution in [-0.2, 0) is 0 Å². The van der Waals surface area contributed by atoms with Gasteiger partial charge in [0.15, 0.2) is 5.84 Å². The van der Waals surface area contributed by atoms with Crippen LogP contribution in [0.3, 0.4) is 0 Å². The van der Waals surface area contributed by atoms with Crippen molar-refractivity contribution in [2.24, 2.45) is 10.9 Å². The van der Waals surface area contributed by atoms with Crippen molar-refractivity contribution in [2.75, 3.05) is 18.5 Å². The minimum absolute atomic E-state index is 0.208. The fourth-order valence-electron chi connectivity index (χ4n) is 1.24. The van der Waals surface area contributed by atoms with Gasteiger partial charge in [0.05, 0.1) is 10.5 Å². The zero-order valence-corrected chi connectivity index (χ0v) is 9.49. The molecule has 0 spiro atoms. The second-order valence-corrected chi connectivity index (χ2v) is 3.32. The highest BCUT2D eigenvalue weighted by Gasteiger charge is 2.17. The molecular weight excluding hydrogens is 226 g/mol. The Labute approximate surface area is 97.5 Å². The number of aromatic nitrogens is 1. The molecule has 0 unspecified atom stereocenters. The summed E-state index contributed by atoms with van der Waals surface area (Å²) < 4.78 is 0. The lowest BCUT2D eigenvalue weighted by Gasteiger charge is -2.18. The van der Waals surface area contributed by atoms with Crippen molar-refractivity contribution in [3.63, 3.8) is 0 Å². The lowest BCUT2D eigenvalue weighted by molar-refractivity contribution is -0.385. The molecule has 0 aromatic carbocycles. The molecule has 0 atom stereocenters. The summed E-state index contributed by atoms with van der Waals surface area (Å²) in [5.74, 6) is 0.213. The minimum Gasteiger partial charge on any atom is -0.409 e. The molecule has 0 aliphatic carbocycles. The van der Waals surface area contributed by atoms with Gasteiger partial charge in [0.1, 0.15) is 12.0 Å². The first-order valence-electron chi connectivity index (χ1n) is 4.84. The van der Waals surface area contributed by atoms with Gasteiger partial charge >= 0.3 is 0 Å². The van der Waals surface area contributed by atoms with Gasteiger partial charge in [0, 0.05) is 19.7 Å². The van der Waals surface area contributed by atoms with Crippen molar-refractivity contribution in [1.29, 1.82) is 0 Å². The summed E-state index contributed by atoms with van der Waals surface area (Å²) >= 11 is 0. The highest BCUT2D eigenvalue weighted by atomic mass is 16.6. The molecule has 8 heteroatoms. The van der Waals surface area contributed by atoms with E-state index >= 15 is 0 Å². The van der Waals surface area contributed by atoms with Gasteiger partial charge in [-0.05, 0) is 6.92 Å². The smallest absolute Gasteiger partial charge is 0.288 e. The highest BCUT2D eigenvalue weighted by Crippen LogP contribution is 2.21. The molecule has 1 aromatic heterocycles. The molecule has 8 nitrogen and oxygen atoms in total. The van der Waals surface area contributed by atoms with Crippen LogP contribution in [0.15, 0.2) is 17.4 Å².